The predicted octanol–water partition coefficient (Wildman–Crippen LogP) is 3.37. The Morgan fingerprint density at radius 3 is 2.24 bits per heavy atom. The first-order chi connectivity index (χ1) is 19.9. The number of ether oxygens (including phenoxy) is 3. The van der Waals surface area contributed by atoms with Crippen molar-refractivity contribution in [3.05, 3.63) is 47.8 Å². The van der Waals surface area contributed by atoms with E-state index in [9.17, 15) is 19.2 Å². The van der Waals surface area contributed by atoms with E-state index in [1.165, 1.54) is 11.0 Å². The number of piperazine rings is 1. The largest absolute Gasteiger partial charge is 0.460 e. The normalized spacial score (nSPS) is 15.0. The van der Waals surface area contributed by atoms with Crippen LogP contribution in [0.15, 0.2) is 36.4 Å². The maximum atomic E-state index is 13.6. The molecule has 3 rings (SSSR count). The summed E-state index contributed by atoms with van der Waals surface area (Å²) in [4.78, 5) is 64.0. The Balaban J connectivity index is 1.84. The molecular weight excluding hydrogens is 542 g/mol. The van der Waals surface area contributed by atoms with Gasteiger partial charge in [0.2, 0.25) is 5.91 Å². The molecule has 3 amide bonds. The summed E-state index contributed by atoms with van der Waals surface area (Å²) in [5.74, 6) is -1.09. The van der Waals surface area contributed by atoms with Crippen LogP contribution in [0.2, 0.25) is 0 Å². The Labute approximate surface area is 246 Å². The van der Waals surface area contributed by atoms with Gasteiger partial charge in [0, 0.05) is 45.3 Å². The lowest BCUT2D eigenvalue weighted by Gasteiger charge is -2.36. The Hall–Kier alpha value is -4.06. The lowest BCUT2D eigenvalue weighted by Crippen LogP contribution is -2.56. The van der Waals surface area contributed by atoms with Crippen molar-refractivity contribution in [1.82, 2.24) is 25.1 Å². The SMILES string of the molecule is CCOC(=O)N1CCN(C(=O)C(CCC(=O)OC(C)(C)C)NC(=O)c2cc([C@H](C)OC)nc(-c3ccccc3)n2)CC1. The number of amides is 3. The maximum Gasteiger partial charge on any atom is 0.409 e. The minimum atomic E-state index is -1.03. The molecule has 1 saturated heterocycles. The summed E-state index contributed by atoms with van der Waals surface area (Å²) in [5, 5.41) is 2.79. The van der Waals surface area contributed by atoms with Crippen molar-refractivity contribution in [2.24, 2.45) is 0 Å². The molecule has 0 spiro atoms. The van der Waals surface area contributed by atoms with Crippen LogP contribution in [0.1, 0.15) is 69.7 Å². The van der Waals surface area contributed by atoms with Crippen molar-refractivity contribution in [2.75, 3.05) is 39.9 Å². The minimum Gasteiger partial charge on any atom is -0.460 e. The second-order valence-corrected chi connectivity index (χ2v) is 10.9. The molecule has 0 radical (unpaired) electrons. The van der Waals surface area contributed by atoms with Gasteiger partial charge < -0.3 is 29.3 Å². The number of nitrogens with one attached hydrogen (secondary N) is 1. The van der Waals surface area contributed by atoms with Crippen LogP contribution in [0, 0.1) is 0 Å². The predicted molar refractivity (Wildman–Crippen MR) is 154 cm³/mol. The monoisotopic (exact) mass is 583 g/mol. The Bertz CT molecular complexity index is 1240. The first kappa shape index (κ1) is 32.5. The van der Waals surface area contributed by atoms with Gasteiger partial charge in [0.15, 0.2) is 5.82 Å². The summed E-state index contributed by atoms with van der Waals surface area (Å²) in [7, 11) is 1.54. The van der Waals surface area contributed by atoms with Crippen molar-refractivity contribution in [3.8, 4) is 11.4 Å². The molecule has 1 N–H and O–H groups in total. The van der Waals surface area contributed by atoms with E-state index < -0.39 is 35.7 Å². The number of rotatable bonds is 10. The van der Waals surface area contributed by atoms with E-state index >= 15 is 0 Å². The number of benzene rings is 1. The zero-order chi connectivity index (χ0) is 30.9. The lowest BCUT2D eigenvalue weighted by molar-refractivity contribution is -0.155. The zero-order valence-corrected chi connectivity index (χ0v) is 25.2. The van der Waals surface area contributed by atoms with Crippen LogP contribution in [-0.2, 0) is 23.8 Å². The third-order valence-corrected chi connectivity index (χ3v) is 6.56. The Kier molecular flexibility index (Phi) is 11.4. The highest BCUT2D eigenvalue weighted by molar-refractivity contribution is 5.96. The third kappa shape index (κ3) is 9.23. The van der Waals surface area contributed by atoms with Crippen molar-refractivity contribution < 1.29 is 33.4 Å². The van der Waals surface area contributed by atoms with Crippen LogP contribution < -0.4 is 5.32 Å². The van der Waals surface area contributed by atoms with E-state index in [-0.39, 0.29) is 44.1 Å². The molecule has 2 heterocycles. The molecule has 2 atom stereocenters. The molecule has 1 fully saturated rings. The van der Waals surface area contributed by atoms with Gasteiger partial charge in [-0.3, -0.25) is 14.4 Å². The van der Waals surface area contributed by atoms with Gasteiger partial charge in [-0.2, -0.15) is 0 Å². The van der Waals surface area contributed by atoms with Crippen molar-refractivity contribution in [2.45, 2.75) is 65.2 Å². The summed E-state index contributed by atoms with van der Waals surface area (Å²) in [6.07, 6.45) is -0.905. The van der Waals surface area contributed by atoms with Crippen LogP contribution in [0.25, 0.3) is 11.4 Å². The smallest absolute Gasteiger partial charge is 0.409 e. The first-order valence-electron chi connectivity index (χ1n) is 14.1. The molecule has 0 bridgehead atoms. The van der Waals surface area contributed by atoms with Crippen LogP contribution in [0.5, 0.6) is 0 Å². The van der Waals surface area contributed by atoms with E-state index in [0.717, 1.165) is 0 Å². The summed E-state index contributed by atoms with van der Waals surface area (Å²) < 4.78 is 15.9. The fourth-order valence-electron chi connectivity index (χ4n) is 4.32. The number of esters is 1. The van der Waals surface area contributed by atoms with E-state index in [1.807, 2.05) is 37.3 Å². The number of carbonyl (C=O) groups is 4. The van der Waals surface area contributed by atoms with E-state index in [0.29, 0.717) is 30.2 Å². The van der Waals surface area contributed by atoms with E-state index in [2.05, 4.69) is 15.3 Å². The average Bonchev–Trinajstić information content (AvgIpc) is 2.97. The Morgan fingerprint density at radius 1 is 1.00 bits per heavy atom. The van der Waals surface area contributed by atoms with Gasteiger partial charge >= 0.3 is 12.1 Å². The van der Waals surface area contributed by atoms with Gasteiger partial charge in [0.1, 0.15) is 17.3 Å². The van der Waals surface area contributed by atoms with Crippen LogP contribution in [-0.4, -0.2) is 95.2 Å². The third-order valence-electron chi connectivity index (χ3n) is 6.56. The lowest BCUT2D eigenvalue weighted by atomic mass is 10.1. The number of methoxy groups -OCH3 is 1. The van der Waals surface area contributed by atoms with Crippen LogP contribution >= 0.6 is 0 Å². The molecule has 12 nitrogen and oxygen atoms in total. The quantitative estimate of drug-likeness (QED) is 0.417. The highest BCUT2D eigenvalue weighted by atomic mass is 16.6. The molecule has 12 heteroatoms. The molecule has 1 aliphatic rings. The Morgan fingerprint density at radius 2 is 1.64 bits per heavy atom. The van der Waals surface area contributed by atoms with E-state index in [4.69, 9.17) is 14.2 Å². The molecule has 2 aromatic rings. The zero-order valence-electron chi connectivity index (χ0n) is 25.2. The number of carbonyl (C=O) groups excluding carboxylic acids is 4. The van der Waals surface area contributed by atoms with Crippen LogP contribution in [0.4, 0.5) is 4.79 Å². The summed E-state index contributed by atoms with van der Waals surface area (Å²) in [6, 6.07) is 9.73. The number of hydrogen-bond acceptors (Lipinski definition) is 9. The van der Waals surface area contributed by atoms with Crippen molar-refractivity contribution in [1.29, 1.82) is 0 Å². The summed E-state index contributed by atoms with van der Waals surface area (Å²) in [6.45, 7) is 10.2. The number of aromatic nitrogens is 2. The fourth-order valence-corrected chi connectivity index (χ4v) is 4.32. The van der Waals surface area contributed by atoms with Gasteiger partial charge in [0.05, 0.1) is 18.4 Å². The summed E-state index contributed by atoms with van der Waals surface area (Å²) in [5.41, 5.74) is 0.592. The average molecular weight is 584 g/mol. The van der Waals surface area contributed by atoms with Crippen LogP contribution in [0.3, 0.4) is 0 Å². The molecule has 0 aliphatic carbocycles. The molecule has 1 unspecified atom stereocenters. The molecule has 1 aliphatic heterocycles. The highest BCUT2D eigenvalue weighted by Gasteiger charge is 2.32. The second kappa shape index (κ2) is 14.7. The van der Waals surface area contributed by atoms with Gasteiger partial charge in [-0.15, -0.1) is 0 Å². The molecule has 1 aromatic heterocycles. The molecule has 42 heavy (non-hydrogen) atoms. The molecule has 1 aromatic carbocycles. The van der Waals surface area contributed by atoms with Gasteiger partial charge in [-0.25, -0.2) is 14.8 Å². The number of hydrogen-bond donors (Lipinski definition) is 1. The fraction of sp³-hybridized carbons (Fsp3) is 0.533. The second-order valence-electron chi connectivity index (χ2n) is 10.9. The van der Waals surface area contributed by atoms with Crippen molar-refractivity contribution in [3.63, 3.8) is 0 Å². The molecule has 0 saturated carbocycles. The maximum absolute atomic E-state index is 13.6. The molecule has 228 valence electrons. The van der Waals surface area contributed by atoms with Crippen molar-refractivity contribution >= 4 is 23.9 Å². The summed E-state index contributed by atoms with van der Waals surface area (Å²) >= 11 is 0. The van der Waals surface area contributed by atoms with Gasteiger partial charge in [-0.05, 0) is 47.1 Å². The molecular formula is C30H41N5O7. The topological polar surface area (TPSA) is 140 Å². The van der Waals surface area contributed by atoms with E-state index in [1.54, 1.807) is 39.7 Å². The van der Waals surface area contributed by atoms with Gasteiger partial charge in [-0.1, -0.05) is 30.3 Å². The van der Waals surface area contributed by atoms with Gasteiger partial charge in [0.25, 0.3) is 5.91 Å². The highest BCUT2D eigenvalue weighted by Crippen LogP contribution is 2.21. The standard InChI is InChI=1S/C30H41N5O7/c1-7-41-29(39)35-17-15-34(16-18-35)28(38)22(13-14-25(36)42-30(3,4)5)33-27(37)24-19-23(20(2)40-6)31-26(32-24)21-11-9-8-10-12-21/h8-12,19-20,22H,7,13-18H2,1-6H3,(H,33,37)/t20-,22?/m0/s1. The minimum absolute atomic E-state index is 0.0233. The number of nitrogens with zero attached hydrogens (tertiary/aromatic N) is 4. The first-order valence-corrected chi connectivity index (χ1v) is 14.1.